The van der Waals surface area contributed by atoms with Crippen LogP contribution in [0.2, 0.25) is 0 Å². The van der Waals surface area contributed by atoms with E-state index in [-0.39, 0.29) is 0 Å². The molecular weight excluding hydrogens is 214 g/mol. The second-order valence-corrected chi connectivity index (χ2v) is 4.25. The number of anilines is 1. The Bertz CT molecular complexity index is 315. The first-order chi connectivity index (χ1) is 8.22. The fraction of sp³-hybridized carbons (Fsp3) is 0.538. The first-order valence-corrected chi connectivity index (χ1v) is 6.04. The summed E-state index contributed by atoms with van der Waals surface area (Å²) in [6.45, 7) is 3.21. The van der Waals surface area contributed by atoms with E-state index in [0.29, 0.717) is 6.54 Å². The Balaban J connectivity index is 2.32. The number of nitrogens with zero attached hydrogens (tertiary/aromatic N) is 1. The molecule has 0 bridgehead atoms. The summed E-state index contributed by atoms with van der Waals surface area (Å²) in [5.74, 6) is 0.908. The van der Waals surface area contributed by atoms with E-state index in [4.69, 9.17) is 10.5 Å². The van der Waals surface area contributed by atoms with Crippen LogP contribution in [0.4, 0.5) is 5.69 Å². The van der Waals surface area contributed by atoms with Crippen LogP contribution in [-0.2, 0) is 0 Å². The molecule has 0 aliphatic rings. The molecule has 0 saturated heterocycles. The average Bonchev–Trinajstić information content (AvgIpc) is 2.32. The maximum atomic E-state index is 5.68. The van der Waals surface area contributed by atoms with Gasteiger partial charge in [0.25, 0.3) is 0 Å². The van der Waals surface area contributed by atoms with Gasteiger partial charge in [0.05, 0.1) is 6.61 Å². The smallest absolute Gasteiger partial charge is 0.121 e. The molecule has 1 aromatic carbocycles. The molecule has 0 atom stereocenters. The second-order valence-electron chi connectivity index (χ2n) is 4.25. The number of nitrogens with two attached hydrogens (primary N) is 1. The van der Waals surface area contributed by atoms with E-state index < -0.39 is 0 Å². The molecule has 0 amide bonds. The molecule has 0 aliphatic carbocycles. The number of ether oxygens (including phenoxy) is 1. The van der Waals surface area contributed by atoms with E-state index in [2.05, 4.69) is 24.3 Å². The van der Waals surface area contributed by atoms with Crippen molar-refractivity contribution in [2.75, 3.05) is 45.7 Å². The number of benzene rings is 1. The quantitative estimate of drug-likeness (QED) is 0.671. The van der Waals surface area contributed by atoms with E-state index in [1.54, 1.807) is 0 Å². The Labute approximate surface area is 104 Å². The van der Waals surface area contributed by atoms with Gasteiger partial charge in [0, 0.05) is 31.4 Å². The lowest BCUT2D eigenvalue weighted by molar-refractivity contribution is 0.281. The molecule has 0 spiro atoms. The maximum Gasteiger partial charge on any atom is 0.121 e. The van der Waals surface area contributed by atoms with E-state index >= 15 is 0 Å². The van der Waals surface area contributed by atoms with E-state index in [9.17, 15) is 0 Å². The zero-order valence-electron chi connectivity index (χ0n) is 10.8. The van der Waals surface area contributed by atoms with Crippen LogP contribution in [-0.4, -0.2) is 45.2 Å². The van der Waals surface area contributed by atoms with Crippen molar-refractivity contribution in [2.45, 2.75) is 6.42 Å². The Morgan fingerprint density at radius 3 is 2.88 bits per heavy atom. The van der Waals surface area contributed by atoms with Crippen LogP contribution in [0.1, 0.15) is 6.42 Å². The van der Waals surface area contributed by atoms with Crippen LogP contribution in [0.5, 0.6) is 5.75 Å². The third-order valence-electron chi connectivity index (χ3n) is 2.33. The van der Waals surface area contributed by atoms with Crippen LogP contribution in [0.3, 0.4) is 0 Å². The predicted molar refractivity (Wildman–Crippen MR) is 72.7 cm³/mol. The minimum absolute atomic E-state index is 0.633. The van der Waals surface area contributed by atoms with Crippen LogP contribution >= 0.6 is 0 Å². The van der Waals surface area contributed by atoms with Gasteiger partial charge in [0.15, 0.2) is 0 Å². The third kappa shape index (κ3) is 6.14. The molecule has 0 radical (unpaired) electrons. The lowest BCUT2D eigenvalue weighted by Gasteiger charge is -2.11. The van der Waals surface area contributed by atoms with Crippen LogP contribution in [0.15, 0.2) is 24.3 Å². The lowest BCUT2D eigenvalue weighted by Crippen LogP contribution is -2.15. The first kappa shape index (κ1) is 13.8. The molecule has 0 saturated carbocycles. The Hall–Kier alpha value is -1.26. The molecule has 96 valence electrons. The summed E-state index contributed by atoms with van der Waals surface area (Å²) in [5, 5.41) is 3.23. The van der Waals surface area contributed by atoms with Crippen molar-refractivity contribution in [1.29, 1.82) is 0 Å². The molecule has 1 aromatic rings. The summed E-state index contributed by atoms with van der Waals surface area (Å²) < 4.78 is 5.68. The molecule has 4 heteroatoms. The van der Waals surface area contributed by atoms with Gasteiger partial charge in [0.1, 0.15) is 5.75 Å². The molecule has 17 heavy (non-hydrogen) atoms. The fourth-order valence-corrected chi connectivity index (χ4v) is 1.48. The minimum atomic E-state index is 0.633. The van der Waals surface area contributed by atoms with Crippen molar-refractivity contribution >= 4 is 5.69 Å². The van der Waals surface area contributed by atoms with Gasteiger partial charge in [-0.3, -0.25) is 0 Å². The van der Waals surface area contributed by atoms with Crippen molar-refractivity contribution in [3.8, 4) is 5.75 Å². The molecule has 0 aliphatic heterocycles. The van der Waals surface area contributed by atoms with Crippen molar-refractivity contribution in [1.82, 2.24) is 4.90 Å². The van der Waals surface area contributed by atoms with Gasteiger partial charge in [-0.2, -0.15) is 0 Å². The SMILES string of the molecule is CN(C)CCCOc1cccc(NCCN)c1. The van der Waals surface area contributed by atoms with Gasteiger partial charge in [-0.25, -0.2) is 0 Å². The summed E-state index contributed by atoms with van der Waals surface area (Å²) in [6.07, 6.45) is 1.04. The van der Waals surface area contributed by atoms with Crippen molar-refractivity contribution in [2.24, 2.45) is 5.73 Å². The highest BCUT2D eigenvalue weighted by Crippen LogP contribution is 2.17. The molecule has 0 heterocycles. The summed E-state index contributed by atoms with van der Waals surface area (Å²) in [5.41, 5.74) is 6.50. The standard InChI is InChI=1S/C13H23N3O/c1-16(2)9-4-10-17-13-6-3-5-12(11-13)15-8-7-14/h3,5-6,11,15H,4,7-10,14H2,1-2H3. The van der Waals surface area contributed by atoms with Gasteiger partial charge in [-0.15, -0.1) is 0 Å². The van der Waals surface area contributed by atoms with Crippen LogP contribution in [0.25, 0.3) is 0 Å². The normalized spacial score (nSPS) is 10.6. The second kappa shape index (κ2) is 7.92. The highest BCUT2D eigenvalue weighted by molar-refractivity contribution is 5.48. The highest BCUT2D eigenvalue weighted by atomic mass is 16.5. The zero-order valence-corrected chi connectivity index (χ0v) is 10.8. The number of hydrogen-bond donors (Lipinski definition) is 2. The minimum Gasteiger partial charge on any atom is -0.493 e. The largest absolute Gasteiger partial charge is 0.493 e. The van der Waals surface area contributed by atoms with E-state index in [1.807, 2.05) is 24.3 Å². The van der Waals surface area contributed by atoms with E-state index in [1.165, 1.54) is 0 Å². The summed E-state index contributed by atoms with van der Waals surface area (Å²) >= 11 is 0. The molecule has 4 nitrogen and oxygen atoms in total. The maximum absolute atomic E-state index is 5.68. The molecule has 1 rings (SSSR count). The predicted octanol–water partition coefficient (Wildman–Crippen LogP) is 1.39. The average molecular weight is 237 g/mol. The van der Waals surface area contributed by atoms with Crippen LogP contribution < -0.4 is 15.8 Å². The van der Waals surface area contributed by atoms with Gasteiger partial charge in [-0.05, 0) is 32.6 Å². The Morgan fingerprint density at radius 1 is 1.35 bits per heavy atom. The van der Waals surface area contributed by atoms with Crippen molar-refractivity contribution in [3.05, 3.63) is 24.3 Å². The van der Waals surface area contributed by atoms with Gasteiger partial charge in [-0.1, -0.05) is 6.07 Å². The Kier molecular flexibility index (Phi) is 6.43. The fourth-order valence-electron chi connectivity index (χ4n) is 1.48. The third-order valence-corrected chi connectivity index (χ3v) is 2.33. The van der Waals surface area contributed by atoms with Crippen LogP contribution in [0, 0.1) is 0 Å². The number of hydrogen-bond acceptors (Lipinski definition) is 4. The monoisotopic (exact) mass is 237 g/mol. The lowest BCUT2D eigenvalue weighted by atomic mass is 10.3. The van der Waals surface area contributed by atoms with Crippen molar-refractivity contribution < 1.29 is 4.74 Å². The highest BCUT2D eigenvalue weighted by Gasteiger charge is 1.97. The zero-order chi connectivity index (χ0) is 12.5. The van der Waals surface area contributed by atoms with Gasteiger partial charge >= 0.3 is 0 Å². The molecule has 0 aromatic heterocycles. The Morgan fingerprint density at radius 2 is 2.18 bits per heavy atom. The summed E-state index contributed by atoms with van der Waals surface area (Å²) in [6, 6.07) is 7.98. The summed E-state index contributed by atoms with van der Waals surface area (Å²) in [4.78, 5) is 2.16. The van der Waals surface area contributed by atoms with E-state index in [0.717, 1.165) is 37.6 Å². The molecule has 3 N–H and O–H groups in total. The van der Waals surface area contributed by atoms with Gasteiger partial charge in [0.2, 0.25) is 0 Å². The summed E-state index contributed by atoms with van der Waals surface area (Å²) in [7, 11) is 4.13. The number of nitrogens with one attached hydrogen (secondary N) is 1. The number of rotatable bonds is 8. The molecule has 0 fully saturated rings. The molecule has 0 unspecified atom stereocenters. The van der Waals surface area contributed by atoms with Gasteiger partial charge < -0.3 is 20.7 Å². The molecular formula is C13H23N3O. The van der Waals surface area contributed by atoms with Crippen molar-refractivity contribution in [3.63, 3.8) is 0 Å². The topological polar surface area (TPSA) is 50.5 Å². The first-order valence-electron chi connectivity index (χ1n) is 6.04.